The van der Waals surface area contributed by atoms with Gasteiger partial charge in [-0.2, -0.15) is 5.10 Å². The van der Waals surface area contributed by atoms with Crippen LogP contribution in [0.3, 0.4) is 0 Å². The molecule has 1 fully saturated rings. The first kappa shape index (κ1) is 15.5. The lowest BCUT2D eigenvalue weighted by molar-refractivity contribution is 0.277. The Morgan fingerprint density at radius 1 is 1.45 bits per heavy atom. The average molecular weight is 300 g/mol. The monoisotopic (exact) mass is 300 g/mol. The van der Waals surface area contributed by atoms with Gasteiger partial charge >= 0.3 is 0 Å². The van der Waals surface area contributed by atoms with Crippen LogP contribution >= 0.6 is 0 Å². The molecule has 20 heavy (non-hydrogen) atoms. The summed E-state index contributed by atoms with van der Waals surface area (Å²) in [6, 6.07) is 0.608. The van der Waals surface area contributed by atoms with Crippen LogP contribution in [0.15, 0.2) is 12.4 Å². The minimum absolute atomic E-state index is 0.192. The van der Waals surface area contributed by atoms with E-state index in [0.29, 0.717) is 19.1 Å². The summed E-state index contributed by atoms with van der Waals surface area (Å²) in [6.45, 7) is 5.05. The molecule has 1 unspecified atom stereocenters. The highest BCUT2D eigenvalue weighted by Gasteiger charge is 2.27. The highest BCUT2D eigenvalue weighted by molar-refractivity contribution is 7.89. The third kappa shape index (κ3) is 3.59. The normalized spacial score (nSPS) is 20.1. The van der Waals surface area contributed by atoms with Crippen molar-refractivity contribution in [3.8, 4) is 0 Å². The molecular weight excluding hydrogens is 276 g/mol. The van der Waals surface area contributed by atoms with Gasteiger partial charge in [0.2, 0.25) is 10.0 Å². The molecule has 1 aromatic rings. The van der Waals surface area contributed by atoms with E-state index >= 15 is 0 Å². The van der Waals surface area contributed by atoms with Crippen molar-refractivity contribution in [1.82, 2.24) is 19.4 Å². The van der Waals surface area contributed by atoms with Crippen LogP contribution in [0.2, 0.25) is 0 Å². The van der Waals surface area contributed by atoms with Gasteiger partial charge in [0, 0.05) is 44.0 Å². The molecule has 6 nitrogen and oxygen atoms in total. The van der Waals surface area contributed by atoms with Gasteiger partial charge in [0.1, 0.15) is 0 Å². The van der Waals surface area contributed by atoms with E-state index in [1.165, 1.54) is 0 Å². The maximum Gasteiger partial charge on any atom is 0.213 e. The summed E-state index contributed by atoms with van der Waals surface area (Å²) < 4.78 is 27.0. The Labute approximate surface area is 121 Å². The average Bonchev–Trinajstić information content (AvgIpc) is 2.86. The van der Waals surface area contributed by atoms with Gasteiger partial charge in [-0.3, -0.25) is 4.68 Å². The van der Waals surface area contributed by atoms with Gasteiger partial charge in [-0.15, -0.1) is 0 Å². The Balaban J connectivity index is 1.86. The van der Waals surface area contributed by atoms with Crippen LogP contribution in [-0.4, -0.2) is 47.4 Å². The van der Waals surface area contributed by atoms with Crippen LogP contribution in [0.5, 0.6) is 0 Å². The zero-order chi connectivity index (χ0) is 14.8. The quantitative estimate of drug-likeness (QED) is 0.877. The standard InChI is InChI=1S/C13H24N4O2S/c1-4-20(18,19)17-7-5-13(6-8-17)15-11(2)12-9-14-16(3)10-12/h9-11,13,15H,4-8H2,1-3H3. The fourth-order valence-electron chi connectivity index (χ4n) is 2.60. The molecular formula is C13H24N4O2S. The van der Waals surface area contributed by atoms with Gasteiger partial charge in [-0.1, -0.05) is 0 Å². The smallest absolute Gasteiger partial charge is 0.213 e. The lowest BCUT2D eigenvalue weighted by Gasteiger charge is -2.32. The Morgan fingerprint density at radius 2 is 2.10 bits per heavy atom. The van der Waals surface area contributed by atoms with E-state index in [1.807, 2.05) is 19.4 Å². The minimum Gasteiger partial charge on any atom is -0.307 e. The summed E-state index contributed by atoms with van der Waals surface area (Å²) in [5, 5.41) is 7.74. The van der Waals surface area contributed by atoms with Crippen LogP contribution in [0.1, 0.15) is 38.3 Å². The molecule has 0 saturated carbocycles. The molecule has 2 heterocycles. The van der Waals surface area contributed by atoms with Crippen molar-refractivity contribution >= 4 is 10.0 Å². The number of nitrogens with one attached hydrogen (secondary N) is 1. The first-order valence-electron chi connectivity index (χ1n) is 7.14. The van der Waals surface area contributed by atoms with Crippen molar-refractivity contribution in [1.29, 1.82) is 0 Å². The molecule has 0 amide bonds. The topological polar surface area (TPSA) is 67.2 Å². The zero-order valence-electron chi connectivity index (χ0n) is 12.4. The number of nitrogens with zero attached hydrogens (tertiary/aromatic N) is 3. The summed E-state index contributed by atoms with van der Waals surface area (Å²) in [6.07, 6.45) is 5.61. The van der Waals surface area contributed by atoms with Crippen molar-refractivity contribution in [2.75, 3.05) is 18.8 Å². The van der Waals surface area contributed by atoms with Crippen molar-refractivity contribution in [2.24, 2.45) is 7.05 Å². The summed E-state index contributed by atoms with van der Waals surface area (Å²) in [5.41, 5.74) is 1.16. The van der Waals surface area contributed by atoms with Crippen LogP contribution < -0.4 is 5.32 Å². The molecule has 1 aliphatic heterocycles. The van der Waals surface area contributed by atoms with Gasteiger partial charge in [0.05, 0.1) is 11.9 Å². The third-order valence-corrected chi connectivity index (χ3v) is 5.80. The molecule has 0 bridgehead atoms. The Morgan fingerprint density at radius 3 is 2.60 bits per heavy atom. The highest BCUT2D eigenvalue weighted by atomic mass is 32.2. The van der Waals surface area contributed by atoms with E-state index in [1.54, 1.807) is 15.9 Å². The van der Waals surface area contributed by atoms with Crippen molar-refractivity contribution in [3.63, 3.8) is 0 Å². The van der Waals surface area contributed by atoms with Gasteiger partial charge in [0.25, 0.3) is 0 Å². The first-order valence-corrected chi connectivity index (χ1v) is 8.75. The second kappa shape index (κ2) is 6.24. The van der Waals surface area contributed by atoms with Crippen LogP contribution in [0.4, 0.5) is 0 Å². The van der Waals surface area contributed by atoms with Crippen LogP contribution in [0, 0.1) is 0 Å². The van der Waals surface area contributed by atoms with Crippen molar-refractivity contribution in [2.45, 2.75) is 38.8 Å². The summed E-state index contributed by atoms with van der Waals surface area (Å²) >= 11 is 0. The number of rotatable bonds is 5. The predicted octanol–water partition coefficient (Wildman–Crippen LogP) is 0.885. The largest absolute Gasteiger partial charge is 0.307 e. The van der Waals surface area contributed by atoms with Crippen LogP contribution in [0.25, 0.3) is 0 Å². The second-order valence-corrected chi connectivity index (χ2v) is 7.67. The summed E-state index contributed by atoms with van der Waals surface area (Å²) in [7, 11) is -1.12. The molecule has 2 rings (SSSR count). The minimum atomic E-state index is -3.03. The van der Waals surface area contributed by atoms with Gasteiger partial charge in [-0.05, 0) is 26.7 Å². The Bertz CT molecular complexity index is 532. The van der Waals surface area contributed by atoms with E-state index < -0.39 is 10.0 Å². The number of aryl methyl sites for hydroxylation is 1. The number of aromatic nitrogens is 2. The fraction of sp³-hybridized carbons (Fsp3) is 0.769. The van der Waals surface area contributed by atoms with E-state index in [0.717, 1.165) is 18.4 Å². The van der Waals surface area contributed by atoms with Crippen molar-refractivity contribution < 1.29 is 8.42 Å². The third-order valence-electron chi connectivity index (χ3n) is 3.92. The summed E-state index contributed by atoms with van der Waals surface area (Å²) in [4.78, 5) is 0. The molecule has 1 N–H and O–H groups in total. The molecule has 0 aromatic carbocycles. The lowest BCUT2D eigenvalue weighted by atomic mass is 10.0. The van der Waals surface area contributed by atoms with Crippen LogP contribution in [-0.2, 0) is 17.1 Å². The maximum atomic E-state index is 11.8. The number of sulfonamides is 1. The Kier molecular flexibility index (Phi) is 4.82. The molecule has 1 atom stereocenters. The van der Waals surface area contributed by atoms with Gasteiger partial charge in [0.15, 0.2) is 0 Å². The molecule has 7 heteroatoms. The molecule has 1 saturated heterocycles. The molecule has 114 valence electrons. The van der Waals surface area contributed by atoms with Gasteiger partial charge < -0.3 is 5.32 Å². The predicted molar refractivity (Wildman–Crippen MR) is 78.8 cm³/mol. The number of piperidine rings is 1. The zero-order valence-corrected chi connectivity index (χ0v) is 13.2. The number of hydrogen-bond donors (Lipinski definition) is 1. The molecule has 1 aliphatic rings. The summed E-state index contributed by atoms with van der Waals surface area (Å²) in [5.74, 6) is 0.192. The number of hydrogen-bond acceptors (Lipinski definition) is 4. The SMILES string of the molecule is CCS(=O)(=O)N1CCC(NC(C)c2cnn(C)c2)CC1. The Hall–Kier alpha value is -0.920. The lowest BCUT2D eigenvalue weighted by Crippen LogP contribution is -2.45. The molecule has 1 aromatic heterocycles. The molecule has 0 radical (unpaired) electrons. The van der Waals surface area contributed by atoms with Gasteiger partial charge in [-0.25, -0.2) is 12.7 Å². The van der Waals surface area contributed by atoms with E-state index in [-0.39, 0.29) is 11.8 Å². The second-order valence-electron chi connectivity index (χ2n) is 5.41. The maximum absolute atomic E-state index is 11.8. The fourth-order valence-corrected chi connectivity index (χ4v) is 3.73. The first-order chi connectivity index (χ1) is 9.42. The molecule has 0 spiro atoms. The van der Waals surface area contributed by atoms with E-state index in [4.69, 9.17) is 0 Å². The highest BCUT2D eigenvalue weighted by Crippen LogP contribution is 2.18. The van der Waals surface area contributed by atoms with Crippen molar-refractivity contribution in [3.05, 3.63) is 18.0 Å². The molecule has 0 aliphatic carbocycles. The van der Waals surface area contributed by atoms with E-state index in [2.05, 4.69) is 17.3 Å². The van der Waals surface area contributed by atoms with E-state index in [9.17, 15) is 8.42 Å².